The fourth-order valence-electron chi connectivity index (χ4n) is 0.898. The van der Waals surface area contributed by atoms with Gasteiger partial charge in [0, 0.05) is 0 Å². The molecule has 0 bridgehead atoms. The van der Waals surface area contributed by atoms with Gasteiger partial charge < -0.3 is 10.2 Å². The average molecular weight is 239 g/mol. The van der Waals surface area contributed by atoms with Gasteiger partial charge in [-0.15, -0.1) is 0 Å². The third kappa shape index (κ3) is 6.02. The second-order valence-electron chi connectivity index (χ2n) is 2.93. The first-order valence-electron chi connectivity index (χ1n) is 4.23. The number of sulfonamides is 1. The van der Waals surface area contributed by atoms with Crippen LogP contribution >= 0.6 is 0 Å². The standard InChI is InChI=1S/C7H13NO6S/c1-2-3-15(13,14)8-5(7(11)12)4-6(9)10/h5,8H,2-4H2,1H3,(H,9,10)(H,11,12). The molecule has 0 aliphatic rings. The second-order valence-corrected chi connectivity index (χ2v) is 4.80. The first-order chi connectivity index (χ1) is 6.78. The number of hydrogen-bond donors (Lipinski definition) is 3. The van der Waals surface area contributed by atoms with Crippen molar-refractivity contribution >= 4 is 22.0 Å². The molecule has 7 nitrogen and oxygen atoms in total. The van der Waals surface area contributed by atoms with Crippen molar-refractivity contribution in [2.24, 2.45) is 0 Å². The van der Waals surface area contributed by atoms with Crippen LogP contribution in [-0.4, -0.2) is 42.4 Å². The van der Waals surface area contributed by atoms with E-state index in [9.17, 15) is 18.0 Å². The predicted octanol–water partition coefficient (Wildman–Crippen LogP) is -0.756. The van der Waals surface area contributed by atoms with Crippen molar-refractivity contribution in [1.82, 2.24) is 4.72 Å². The van der Waals surface area contributed by atoms with E-state index in [4.69, 9.17) is 10.2 Å². The SMILES string of the molecule is CCCS(=O)(=O)NC(CC(=O)O)C(=O)O. The first kappa shape index (κ1) is 13.8. The summed E-state index contributed by atoms with van der Waals surface area (Å²) in [6.45, 7) is 1.62. The number of aliphatic carboxylic acids is 2. The van der Waals surface area contributed by atoms with Gasteiger partial charge in [0.05, 0.1) is 12.2 Å². The van der Waals surface area contributed by atoms with Crippen LogP contribution in [0.2, 0.25) is 0 Å². The minimum atomic E-state index is -3.72. The number of carbonyl (C=O) groups is 2. The number of carboxylic acids is 2. The number of rotatable bonds is 7. The average Bonchev–Trinajstić information content (AvgIpc) is 2.00. The van der Waals surface area contributed by atoms with Crippen LogP contribution in [0.1, 0.15) is 19.8 Å². The summed E-state index contributed by atoms with van der Waals surface area (Å²) in [7, 11) is -3.72. The molecule has 0 aromatic carbocycles. The fourth-order valence-corrected chi connectivity index (χ4v) is 2.17. The van der Waals surface area contributed by atoms with E-state index in [1.807, 2.05) is 4.72 Å². The number of carboxylic acid groups (broad SMARTS) is 2. The van der Waals surface area contributed by atoms with E-state index in [1.165, 1.54) is 0 Å². The third-order valence-electron chi connectivity index (χ3n) is 1.47. The van der Waals surface area contributed by atoms with Crippen molar-refractivity contribution in [2.45, 2.75) is 25.8 Å². The van der Waals surface area contributed by atoms with Gasteiger partial charge in [-0.05, 0) is 6.42 Å². The molecule has 0 spiro atoms. The molecule has 88 valence electrons. The zero-order valence-corrected chi connectivity index (χ0v) is 8.95. The second kappa shape index (κ2) is 5.66. The van der Waals surface area contributed by atoms with E-state index in [2.05, 4.69) is 0 Å². The lowest BCUT2D eigenvalue weighted by Crippen LogP contribution is -2.43. The molecule has 0 radical (unpaired) electrons. The molecule has 0 aromatic rings. The zero-order chi connectivity index (χ0) is 12.1. The number of hydrogen-bond acceptors (Lipinski definition) is 4. The van der Waals surface area contributed by atoms with Crippen molar-refractivity contribution in [3.05, 3.63) is 0 Å². The Morgan fingerprint density at radius 1 is 1.33 bits per heavy atom. The summed E-state index contributed by atoms with van der Waals surface area (Å²) in [6, 6.07) is -1.61. The van der Waals surface area contributed by atoms with E-state index in [1.54, 1.807) is 6.92 Å². The summed E-state index contributed by atoms with van der Waals surface area (Å²) < 4.78 is 24.1. The first-order valence-corrected chi connectivity index (χ1v) is 5.88. The zero-order valence-electron chi connectivity index (χ0n) is 8.13. The lowest BCUT2D eigenvalue weighted by atomic mass is 10.2. The Hall–Kier alpha value is -1.15. The Bertz CT molecular complexity index is 335. The normalized spacial score (nSPS) is 13.4. The van der Waals surface area contributed by atoms with Gasteiger partial charge in [-0.25, -0.2) is 13.1 Å². The molecule has 1 atom stereocenters. The maximum absolute atomic E-state index is 11.2. The van der Waals surface area contributed by atoms with Gasteiger partial charge in [-0.1, -0.05) is 6.92 Å². The highest BCUT2D eigenvalue weighted by atomic mass is 32.2. The summed E-state index contributed by atoms with van der Waals surface area (Å²) in [5.41, 5.74) is 0. The highest BCUT2D eigenvalue weighted by molar-refractivity contribution is 7.89. The highest BCUT2D eigenvalue weighted by Gasteiger charge is 2.25. The third-order valence-corrected chi connectivity index (χ3v) is 3.06. The van der Waals surface area contributed by atoms with E-state index in [0.29, 0.717) is 6.42 Å². The quantitative estimate of drug-likeness (QED) is 0.537. The van der Waals surface area contributed by atoms with Crippen molar-refractivity contribution in [2.75, 3.05) is 5.75 Å². The minimum Gasteiger partial charge on any atom is -0.481 e. The number of nitrogens with one attached hydrogen (secondary N) is 1. The Morgan fingerprint density at radius 2 is 1.87 bits per heavy atom. The molecule has 0 heterocycles. The monoisotopic (exact) mass is 239 g/mol. The maximum Gasteiger partial charge on any atom is 0.322 e. The van der Waals surface area contributed by atoms with Crippen LogP contribution < -0.4 is 4.72 Å². The van der Waals surface area contributed by atoms with E-state index >= 15 is 0 Å². The van der Waals surface area contributed by atoms with Crippen LogP contribution in [0, 0.1) is 0 Å². The summed E-state index contributed by atoms with van der Waals surface area (Å²) in [6.07, 6.45) is -0.451. The van der Waals surface area contributed by atoms with Crippen LogP contribution in [0.15, 0.2) is 0 Å². The smallest absolute Gasteiger partial charge is 0.322 e. The van der Waals surface area contributed by atoms with Gasteiger partial charge in [0.2, 0.25) is 10.0 Å². The van der Waals surface area contributed by atoms with Gasteiger partial charge >= 0.3 is 11.9 Å². The van der Waals surface area contributed by atoms with Gasteiger partial charge in [0.1, 0.15) is 6.04 Å². The molecule has 0 amide bonds. The summed E-state index contributed by atoms with van der Waals surface area (Å²) >= 11 is 0. The lowest BCUT2D eigenvalue weighted by molar-refractivity contribution is -0.145. The Morgan fingerprint density at radius 3 is 2.20 bits per heavy atom. The fraction of sp³-hybridized carbons (Fsp3) is 0.714. The van der Waals surface area contributed by atoms with Crippen molar-refractivity contribution in [3.63, 3.8) is 0 Å². The Balaban J connectivity index is 4.55. The lowest BCUT2D eigenvalue weighted by Gasteiger charge is -2.11. The Kier molecular flexibility index (Phi) is 5.23. The molecule has 0 saturated heterocycles. The van der Waals surface area contributed by atoms with Crippen LogP contribution in [0.4, 0.5) is 0 Å². The Labute approximate surface area is 87.2 Å². The van der Waals surface area contributed by atoms with Crippen molar-refractivity contribution in [3.8, 4) is 0 Å². The molecule has 0 aliphatic heterocycles. The van der Waals surface area contributed by atoms with Crippen LogP contribution in [0.25, 0.3) is 0 Å². The molecular weight excluding hydrogens is 226 g/mol. The molecule has 15 heavy (non-hydrogen) atoms. The van der Waals surface area contributed by atoms with Crippen molar-refractivity contribution in [1.29, 1.82) is 0 Å². The van der Waals surface area contributed by atoms with Gasteiger partial charge in [-0.2, -0.15) is 0 Å². The molecule has 0 fully saturated rings. The molecule has 1 unspecified atom stereocenters. The van der Waals surface area contributed by atoms with E-state index in [0.717, 1.165) is 0 Å². The summed E-state index contributed by atoms with van der Waals surface area (Å²) in [5, 5.41) is 16.9. The van der Waals surface area contributed by atoms with Crippen molar-refractivity contribution < 1.29 is 28.2 Å². The van der Waals surface area contributed by atoms with Crippen LogP contribution in [0.3, 0.4) is 0 Å². The summed E-state index contributed by atoms with van der Waals surface area (Å²) in [4.78, 5) is 20.8. The molecular formula is C7H13NO6S. The predicted molar refractivity (Wildman–Crippen MR) is 50.9 cm³/mol. The summed E-state index contributed by atoms with van der Waals surface area (Å²) in [5.74, 6) is -3.10. The van der Waals surface area contributed by atoms with Gasteiger partial charge in [0.15, 0.2) is 0 Å². The van der Waals surface area contributed by atoms with Crippen LogP contribution in [0.5, 0.6) is 0 Å². The molecule has 0 aromatic heterocycles. The van der Waals surface area contributed by atoms with Crippen LogP contribution in [-0.2, 0) is 19.6 Å². The topological polar surface area (TPSA) is 121 Å². The molecule has 0 rings (SSSR count). The van der Waals surface area contributed by atoms with E-state index < -0.39 is 34.4 Å². The highest BCUT2D eigenvalue weighted by Crippen LogP contribution is 1.98. The largest absolute Gasteiger partial charge is 0.481 e. The maximum atomic E-state index is 11.2. The molecule has 0 saturated carbocycles. The minimum absolute atomic E-state index is 0.226. The van der Waals surface area contributed by atoms with Gasteiger partial charge in [0.25, 0.3) is 0 Å². The molecule has 3 N–H and O–H groups in total. The van der Waals surface area contributed by atoms with Gasteiger partial charge in [-0.3, -0.25) is 9.59 Å². The molecule has 8 heteroatoms. The van der Waals surface area contributed by atoms with E-state index in [-0.39, 0.29) is 5.75 Å². The molecule has 0 aliphatic carbocycles.